The zero-order valence-electron chi connectivity index (χ0n) is 14.2. The Kier molecular flexibility index (Phi) is 6.75. The van der Waals surface area contributed by atoms with Crippen LogP contribution in [0.15, 0.2) is 71.4 Å². The Morgan fingerprint density at radius 3 is 2.46 bits per heavy atom. The van der Waals surface area contributed by atoms with Crippen LogP contribution >= 0.6 is 23.1 Å². The van der Waals surface area contributed by atoms with Gasteiger partial charge in [-0.25, -0.2) is 0 Å². The van der Waals surface area contributed by atoms with E-state index < -0.39 is 11.2 Å². The average molecular weight is 385 g/mol. The molecule has 0 aliphatic carbocycles. The van der Waals surface area contributed by atoms with Gasteiger partial charge in [0.1, 0.15) is 16.9 Å². The van der Waals surface area contributed by atoms with Crippen molar-refractivity contribution in [1.82, 2.24) is 0 Å². The Labute approximate surface area is 161 Å². The number of ether oxygens (including phenoxy) is 1. The van der Waals surface area contributed by atoms with Gasteiger partial charge in [-0.1, -0.05) is 42.5 Å². The summed E-state index contributed by atoms with van der Waals surface area (Å²) in [5, 5.41) is 13.1. The van der Waals surface area contributed by atoms with E-state index in [1.807, 2.05) is 54.6 Å². The highest BCUT2D eigenvalue weighted by atomic mass is 32.2. The summed E-state index contributed by atoms with van der Waals surface area (Å²) in [5.41, 5.74) is 3.50. The molecule has 0 aliphatic rings. The quantitative estimate of drug-likeness (QED) is 0.490. The fourth-order valence-corrected chi connectivity index (χ4v) is 4.04. The van der Waals surface area contributed by atoms with Gasteiger partial charge in [0.15, 0.2) is 0 Å². The van der Waals surface area contributed by atoms with E-state index in [9.17, 15) is 9.90 Å². The van der Waals surface area contributed by atoms with Crippen molar-refractivity contribution in [2.75, 3.05) is 5.94 Å². The van der Waals surface area contributed by atoms with Crippen LogP contribution in [0.3, 0.4) is 0 Å². The van der Waals surface area contributed by atoms with Crippen molar-refractivity contribution in [2.45, 2.75) is 18.1 Å². The number of carbonyl (C=O) groups is 1. The summed E-state index contributed by atoms with van der Waals surface area (Å²) in [7, 11) is 0. The maximum Gasteiger partial charge on any atom is 0.316 e. The lowest BCUT2D eigenvalue weighted by atomic mass is 10.1. The second kappa shape index (κ2) is 9.46. The molecule has 0 radical (unpaired) electrons. The van der Waals surface area contributed by atoms with Gasteiger partial charge in [0.25, 0.3) is 0 Å². The third-order valence-electron chi connectivity index (χ3n) is 4.02. The molecule has 3 aromatic rings. The molecule has 0 fully saturated rings. The van der Waals surface area contributed by atoms with E-state index in [0.29, 0.717) is 12.4 Å². The molecule has 1 unspecified atom stereocenters. The third kappa shape index (κ3) is 5.38. The number of aryl methyl sites for hydroxylation is 1. The van der Waals surface area contributed by atoms with Crippen molar-refractivity contribution >= 4 is 29.1 Å². The molecule has 0 amide bonds. The lowest BCUT2D eigenvalue weighted by molar-refractivity contribution is -0.136. The molecule has 1 aromatic heterocycles. The summed E-state index contributed by atoms with van der Waals surface area (Å²) < 4.78 is 5.71. The van der Waals surface area contributed by atoms with Gasteiger partial charge in [0, 0.05) is 0 Å². The Morgan fingerprint density at radius 1 is 1.04 bits per heavy atom. The minimum Gasteiger partial charge on any atom is -0.483 e. The second-order valence-electron chi connectivity index (χ2n) is 5.82. The van der Waals surface area contributed by atoms with E-state index >= 15 is 0 Å². The lowest BCUT2D eigenvalue weighted by Gasteiger charge is -2.13. The van der Waals surface area contributed by atoms with Gasteiger partial charge in [-0.2, -0.15) is 11.3 Å². The van der Waals surface area contributed by atoms with E-state index in [1.54, 1.807) is 11.3 Å². The summed E-state index contributed by atoms with van der Waals surface area (Å²) >= 11 is 3.00. The van der Waals surface area contributed by atoms with E-state index in [4.69, 9.17) is 4.74 Å². The van der Waals surface area contributed by atoms with Crippen LogP contribution in [0, 0.1) is 0 Å². The number of hydrogen-bond acceptors (Lipinski definition) is 4. The van der Waals surface area contributed by atoms with Gasteiger partial charge in [-0.15, -0.1) is 11.8 Å². The molecule has 134 valence electrons. The molecule has 1 atom stereocenters. The summed E-state index contributed by atoms with van der Waals surface area (Å²) in [5.74, 6) is 0.287. The molecule has 0 bridgehead atoms. The maximum absolute atomic E-state index is 11.5. The fraction of sp³-hybridized carbons (Fsp3) is 0.190. The second-order valence-corrected chi connectivity index (χ2v) is 7.73. The molecule has 1 heterocycles. The molecular formula is C21H20O3S2. The maximum atomic E-state index is 11.5. The third-order valence-corrected chi connectivity index (χ3v) is 5.79. The first-order chi connectivity index (χ1) is 12.7. The summed E-state index contributed by atoms with van der Waals surface area (Å²) in [6, 6.07) is 19.9. The van der Waals surface area contributed by atoms with Crippen molar-refractivity contribution in [3.05, 3.63) is 77.0 Å². The summed E-state index contributed by atoms with van der Waals surface area (Å²) in [6.07, 6.45) is 1.34. The topological polar surface area (TPSA) is 46.5 Å². The van der Waals surface area contributed by atoms with Crippen LogP contribution < -0.4 is 4.74 Å². The van der Waals surface area contributed by atoms with E-state index in [2.05, 4.69) is 16.8 Å². The number of thiophene rings is 1. The van der Waals surface area contributed by atoms with Crippen molar-refractivity contribution in [3.63, 3.8) is 0 Å². The van der Waals surface area contributed by atoms with Gasteiger partial charge in [-0.05, 0) is 58.5 Å². The zero-order chi connectivity index (χ0) is 18.2. The first kappa shape index (κ1) is 18.5. The molecule has 26 heavy (non-hydrogen) atoms. The van der Waals surface area contributed by atoms with Crippen molar-refractivity contribution in [1.29, 1.82) is 0 Å². The lowest BCUT2D eigenvalue weighted by Crippen LogP contribution is -2.18. The van der Waals surface area contributed by atoms with Gasteiger partial charge in [0.2, 0.25) is 0 Å². The van der Waals surface area contributed by atoms with Gasteiger partial charge in [0.05, 0.1) is 0 Å². The Morgan fingerprint density at radius 2 is 1.81 bits per heavy atom. The van der Waals surface area contributed by atoms with E-state index in [1.165, 1.54) is 17.3 Å². The number of aliphatic carboxylic acids is 1. The van der Waals surface area contributed by atoms with Gasteiger partial charge < -0.3 is 9.84 Å². The van der Waals surface area contributed by atoms with Crippen molar-refractivity contribution < 1.29 is 14.6 Å². The van der Waals surface area contributed by atoms with Gasteiger partial charge >= 0.3 is 5.97 Å². The molecule has 1 N–H and O–H groups in total. The van der Waals surface area contributed by atoms with Crippen LogP contribution in [0.1, 0.15) is 12.0 Å². The molecule has 0 aliphatic heterocycles. The Balaban J connectivity index is 1.47. The number of benzene rings is 2. The zero-order valence-corrected chi connectivity index (χ0v) is 15.8. The van der Waals surface area contributed by atoms with E-state index in [0.717, 1.165) is 23.3 Å². The molecule has 0 saturated heterocycles. The highest BCUT2D eigenvalue weighted by molar-refractivity contribution is 8.00. The number of rotatable bonds is 9. The van der Waals surface area contributed by atoms with Crippen LogP contribution in [-0.2, 0) is 11.2 Å². The SMILES string of the molecule is O=C(O)C(CCc1ccccc1)SCOc1ccc(-c2ccsc2)cc1. The monoisotopic (exact) mass is 384 g/mol. The molecule has 3 nitrogen and oxygen atoms in total. The molecule has 5 heteroatoms. The largest absolute Gasteiger partial charge is 0.483 e. The van der Waals surface area contributed by atoms with Crippen molar-refractivity contribution in [3.8, 4) is 16.9 Å². The molecular weight excluding hydrogens is 364 g/mol. The minimum absolute atomic E-state index is 0.323. The molecule has 2 aromatic carbocycles. The number of thioether (sulfide) groups is 1. The Bertz CT molecular complexity index is 799. The highest BCUT2D eigenvalue weighted by Gasteiger charge is 2.18. The average Bonchev–Trinajstić information content (AvgIpc) is 3.20. The summed E-state index contributed by atoms with van der Waals surface area (Å²) in [4.78, 5) is 11.5. The summed E-state index contributed by atoms with van der Waals surface area (Å²) in [6.45, 7) is 0. The van der Waals surface area contributed by atoms with Crippen molar-refractivity contribution in [2.24, 2.45) is 0 Å². The highest BCUT2D eigenvalue weighted by Crippen LogP contribution is 2.25. The Hall–Kier alpha value is -2.24. The minimum atomic E-state index is -0.790. The first-order valence-corrected chi connectivity index (χ1v) is 10.4. The van der Waals surface area contributed by atoms with Crippen LogP contribution in [0.4, 0.5) is 0 Å². The first-order valence-electron chi connectivity index (χ1n) is 8.36. The van der Waals surface area contributed by atoms with E-state index in [-0.39, 0.29) is 0 Å². The molecule has 3 rings (SSSR count). The number of hydrogen-bond donors (Lipinski definition) is 1. The van der Waals surface area contributed by atoms with Crippen LogP contribution in [-0.4, -0.2) is 22.3 Å². The predicted octanol–water partition coefficient (Wildman–Crippen LogP) is 5.57. The number of carboxylic acid groups (broad SMARTS) is 1. The number of carboxylic acids is 1. The fourth-order valence-electron chi connectivity index (χ4n) is 2.58. The van der Waals surface area contributed by atoms with Crippen LogP contribution in [0.2, 0.25) is 0 Å². The van der Waals surface area contributed by atoms with Crippen LogP contribution in [0.5, 0.6) is 5.75 Å². The molecule has 0 spiro atoms. The standard InChI is InChI=1S/C21H20O3S2/c22-21(23)20(11-6-16-4-2-1-3-5-16)26-15-24-19-9-7-17(8-10-19)18-12-13-25-14-18/h1-5,7-10,12-14,20H,6,11,15H2,(H,22,23). The molecule has 0 saturated carbocycles. The predicted molar refractivity (Wildman–Crippen MR) is 109 cm³/mol. The van der Waals surface area contributed by atoms with Crippen LogP contribution in [0.25, 0.3) is 11.1 Å². The normalized spacial score (nSPS) is 11.8. The smallest absolute Gasteiger partial charge is 0.316 e. The van der Waals surface area contributed by atoms with Gasteiger partial charge in [-0.3, -0.25) is 4.79 Å².